The van der Waals surface area contributed by atoms with E-state index in [0.717, 1.165) is 0 Å². The van der Waals surface area contributed by atoms with Crippen LogP contribution in [0.4, 0.5) is 0 Å². The number of esters is 2. The standard InChI is InChI=1S/C15H15NO4S/c1-16-8-4-6-10(16)12(14(17)19-2)13(15(18)20-3)11-7-5-9-21-11/h4-9H,1-3H3/b13-12+. The summed E-state index contributed by atoms with van der Waals surface area (Å²) in [6.45, 7) is 0. The molecule has 2 rings (SSSR count). The molecule has 5 nitrogen and oxygen atoms in total. The van der Waals surface area contributed by atoms with Gasteiger partial charge in [-0.3, -0.25) is 0 Å². The van der Waals surface area contributed by atoms with Crippen molar-refractivity contribution in [3.8, 4) is 0 Å². The summed E-state index contributed by atoms with van der Waals surface area (Å²) < 4.78 is 11.4. The van der Waals surface area contributed by atoms with E-state index in [-0.39, 0.29) is 11.1 Å². The maximum Gasteiger partial charge on any atom is 0.340 e. The van der Waals surface area contributed by atoms with Crippen LogP contribution in [0.1, 0.15) is 10.6 Å². The Morgan fingerprint density at radius 1 is 1.05 bits per heavy atom. The number of aromatic nitrogens is 1. The van der Waals surface area contributed by atoms with Gasteiger partial charge in [-0.05, 0) is 23.6 Å². The molecule has 2 aromatic rings. The van der Waals surface area contributed by atoms with Crippen LogP contribution in [0.3, 0.4) is 0 Å². The maximum atomic E-state index is 12.2. The Morgan fingerprint density at radius 2 is 1.71 bits per heavy atom. The zero-order valence-corrected chi connectivity index (χ0v) is 12.8. The Morgan fingerprint density at radius 3 is 2.19 bits per heavy atom. The summed E-state index contributed by atoms with van der Waals surface area (Å²) in [5.41, 5.74) is 0.996. The lowest BCUT2D eigenvalue weighted by atomic mass is 10.0. The Balaban J connectivity index is 2.77. The molecule has 0 saturated heterocycles. The molecule has 0 aliphatic carbocycles. The van der Waals surface area contributed by atoms with Gasteiger partial charge < -0.3 is 14.0 Å². The quantitative estimate of drug-likeness (QED) is 0.642. The van der Waals surface area contributed by atoms with E-state index >= 15 is 0 Å². The van der Waals surface area contributed by atoms with Crippen molar-refractivity contribution < 1.29 is 19.1 Å². The number of hydrogen-bond acceptors (Lipinski definition) is 5. The lowest BCUT2D eigenvalue weighted by Gasteiger charge is -2.12. The molecule has 110 valence electrons. The first-order valence-electron chi connectivity index (χ1n) is 6.16. The second-order valence-corrected chi connectivity index (χ2v) is 5.16. The minimum Gasteiger partial charge on any atom is -0.465 e. The highest BCUT2D eigenvalue weighted by Crippen LogP contribution is 2.31. The van der Waals surface area contributed by atoms with Gasteiger partial charge in [0.05, 0.1) is 31.1 Å². The monoisotopic (exact) mass is 305 g/mol. The largest absolute Gasteiger partial charge is 0.465 e. The Kier molecular flexibility index (Phi) is 4.59. The fourth-order valence-corrected chi connectivity index (χ4v) is 2.77. The SMILES string of the molecule is COC(=O)/C(=C(/C(=O)OC)c1cccn1C)c1cccs1. The number of carbonyl (C=O) groups is 2. The van der Waals surface area contributed by atoms with Crippen LogP contribution >= 0.6 is 11.3 Å². The number of methoxy groups -OCH3 is 2. The van der Waals surface area contributed by atoms with E-state index in [1.165, 1.54) is 25.6 Å². The van der Waals surface area contributed by atoms with E-state index in [4.69, 9.17) is 9.47 Å². The molecular weight excluding hydrogens is 290 g/mol. The summed E-state index contributed by atoms with van der Waals surface area (Å²) in [6.07, 6.45) is 1.79. The van der Waals surface area contributed by atoms with Crippen LogP contribution in [0.5, 0.6) is 0 Å². The Hall–Kier alpha value is -2.34. The third-order valence-corrected chi connectivity index (χ3v) is 3.88. The van der Waals surface area contributed by atoms with Crippen LogP contribution in [0.25, 0.3) is 11.1 Å². The van der Waals surface area contributed by atoms with Crippen LogP contribution in [-0.4, -0.2) is 30.7 Å². The summed E-state index contributed by atoms with van der Waals surface area (Å²) in [6, 6.07) is 7.12. The molecule has 0 aliphatic rings. The van der Waals surface area contributed by atoms with Gasteiger partial charge in [-0.2, -0.15) is 0 Å². The second-order valence-electron chi connectivity index (χ2n) is 4.21. The van der Waals surface area contributed by atoms with Gasteiger partial charge in [-0.25, -0.2) is 9.59 Å². The van der Waals surface area contributed by atoms with E-state index in [1.807, 2.05) is 11.4 Å². The Bertz CT molecular complexity index is 682. The van der Waals surface area contributed by atoms with E-state index in [9.17, 15) is 9.59 Å². The van der Waals surface area contributed by atoms with Crippen LogP contribution in [0.2, 0.25) is 0 Å². The van der Waals surface area contributed by atoms with Crippen molar-refractivity contribution in [2.24, 2.45) is 7.05 Å². The highest BCUT2D eigenvalue weighted by atomic mass is 32.1. The van der Waals surface area contributed by atoms with E-state index in [1.54, 1.807) is 36.0 Å². The van der Waals surface area contributed by atoms with E-state index in [2.05, 4.69) is 0 Å². The number of ether oxygens (including phenoxy) is 2. The van der Waals surface area contributed by atoms with Crippen molar-refractivity contribution in [3.05, 3.63) is 46.4 Å². The zero-order valence-electron chi connectivity index (χ0n) is 12.0. The van der Waals surface area contributed by atoms with Gasteiger partial charge in [0.2, 0.25) is 0 Å². The first-order chi connectivity index (χ1) is 10.1. The molecule has 0 saturated carbocycles. The minimum absolute atomic E-state index is 0.194. The first kappa shape index (κ1) is 15.1. The number of aryl methyl sites for hydroxylation is 1. The van der Waals surface area contributed by atoms with Crippen molar-refractivity contribution >= 4 is 34.4 Å². The summed E-state index contributed by atoms with van der Waals surface area (Å²) >= 11 is 1.36. The van der Waals surface area contributed by atoms with Crippen LogP contribution < -0.4 is 0 Å². The van der Waals surface area contributed by atoms with Crippen molar-refractivity contribution in [1.82, 2.24) is 4.57 Å². The molecule has 0 N–H and O–H groups in total. The molecular formula is C15H15NO4S. The summed E-state index contributed by atoms with van der Waals surface area (Å²) in [7, 11) is 4.37. The van der Waals surface area contributed by atoms with E-state index in [0.29, 0.717) is 10.6 Å². The molecule has 6 heteroatoms. The van der Waals surface area contributed by atoms with Gasteiger partial charge in [0, 0.05) is 18.1 Å². The molecule has 0 spiro atoms. The first-order valence-corrected chi connectivity index (χ1v) is 7.04. The minimum atomic E-state index is -0.578. The number of hydrogen-bond donors (Lipinski definition) is 0. The molecule has 0 fully saturated rings. The van der Waals surface area contributed by atoms with Gasteiger partial charge in [-0.15, -0.1) is 11.3 Å². The fourth-order valence-electron chi connectivity index (χ4n) is 2.01. The lowest BCUT2D eigenvalue weighted by molar-refractivity contribution is -0.135. The summed E-state index contributed by atoms with van der Waals surface area (Å²) in [5, 5.41) is 1.83. The predicted molar refractivity (Wildman–Crippen MR) is 80.6 cm³/mol. The van der Waals surface area contributed by atoms with E-state index < -0.39 is 11.9 Å². The molecule has 0 bridgehead atoms. The zero-order chi connectivity index (χ0) is 15.4. The van der Waals surface area contributed by atoms with Gasteiger partial charge >= 0.3 is 11.9 Å². The van der Waals surface area contributed by atoms with Gasteiger partial charge in [0.1, 0.15) is 0 Å². The molecule has 2 aromatic heterocycles. The molecule has 0 radical (unpaired) electrons. The molecule has 2 heterocycles. The number of carbonyl (C=O) groups excluding carboxylic acids is 2. The third-order valence-electron chi connectivity index (χ3n) is 3.00. The van der Waals surface area contributed by atoms with Crippen molar-refractivity contribution in [3.63, 3.8) is 0 Å². The van der Waals surface area contributed by atoms with Crippen LogP contribution in [-0.2, 0) is 26.1 Å². The summed E-state index contributed by atoms with van der Waals surface area (Å²) in [5.74, 6) is -1.15. The molecule has 0 aliphatic heterocycles. The van der Waals surface area contributed by atoms with Gasteiger partial charge in [-0.1, -0.05) is 6.07 Å². The average Bonchev–Trinajstić information content (AvgIpc) is 3.14. The van der Waals surface area contributed by atoms with Crippen molar-refractivity contribution in [2.75, 3.05) is 14.2 Å². The number of nitrogens with zero attached hydrogens (tertiary/aromatic N) is 1. The third kappa shape index (κ3) is 2.90. The molecule has 0 amide bonds. The summed E-state index contributed by atoms with van der Waals surface area (Å²) in [4.78, 5) is 25.1. The maximum absolute atomic E-state index is 12.2. The van der Waals surface area contributed by atoms with Crippen molar-refractivity contribution in [2.45, 2.75) is 0 Å². The smallest absolute Gasteiger partial charge is 0.340 e. The molecule has 0 unspecified atom stereocenters. The topological polar surface area (TPSA) is 57.5 Å². The van der Waals surface area contributed by atoms with Crippen LogP contribution in [0.15, 0.2) is 35.8 Å². The highest BCUT2D eigenvalue weighted by Gasteiger charge is 2.27. The second kappa shape index (κ2) is 6.41. The molecule has 0 atom stereocenters. The number of thiophene rings is 1. The fraction of sp³-hybridized carbons (Fsp3) is 0.200. The highest BCUT2D eigenvalue weighted by molar-refractivity contribution is 7.11. The number of rotatable bonds is 4. The normalized spacial score (nSPS) is 11.8. The van der Waals surface area contributed by atoms with Crippen molar-refractivity contribution in [1.29, 1.82) is 0 Å². The average molecular weight is 305 g/mol. The lowest BCUT2D eigenvalue weighted by Crippen LogP contribution is -2.14. The molecule has 21 heavy (non-hydrogen) atoms. The van der Waals surface area contributed by atoms with Gasteiger partial charge in [0.25, 0.3) is 0 Å². The van der Waals surface area contributed by atoms with Gasteiger partial charge in [0.15, 0.2) is 0 Å². The predicted octanol–water partition coefficient (Wildman–Crippen LogP) is 2.34. The Labute approximate surface area is 126 Å². The van der Waals surface area contributed by atoms with Crippen LogP contribution in [0, 0.1) is 0 Å². The molecule has 0 aromatic carbocycles.